The van der Waals surface area contributed by atoms with Gasteiger partial charge in [-0.15, -0.1) is 0 Å². The molecule has 1 rings (SSSR count). The lowest BCUT2D eigenvalue weighted by atomic mass is 10.1. The van der Waals surface area contributed by atoms with Crippen molar-refractivity contribution in [2.75, 3.05) is 6.61 Å². The van der Waals surface area contributed by atoms with Crippen LogP contribution < -0.4 is 15.2 Å². The summed E-state index contributed by atoms with van der Waals surface area (Å²) in [6.07, 6.45) is -0.935. The third kappa shape index (κ3) is 12.2. The molecule has 0 fully saturated rings. The standard InChI is InChI=1S/C29H45NO10/c1-10-18(4)24(31)35-17-19(5)36-25(32)21(30)15-20-13-14-22(37-26(33)39-28(6,7)11-2)23(16-20)38-27(34)40-29(8,9)12-3/h13-14,16,18-19,21H,10-12,15,17,30H2,1-9H3/t18?,19-,21-/m0/s1. The van der Waals surface area contributed by atoms with E-state index in [0.717, 1.165) is 0 Å². The summed E-state index contributed by atoms with van der Waals surface area (Å²) in [6.45, 7) is 15.8. The molecule has 11 heteroatoms. The number of hydrogen-bond acceptors (Lipinski definition) is 11. The van der Waals surface area contributed by atoms with Crippen molar-refractivity contribution in [3.8, 4) is 11.5 Å². The van der Waals surface area contributed by atoms with Crippen molar-refractivity contribution >= 4 is 24.2 Å². The molecule has 0 bridgehead atoms. The van der Waals surface area contributed by atoms with E-state index in [1.165, 1.54) is 12.1 Å². The van der Waals surface area contributed by atoms with Crippen LogP contribution in [0, 0.1) is 5.92 Å². The average Bonchev–Trinajstić information content (AvgIpc) is 2.87. The van der Waals surface area contributed by atoms with E-state index >= 15 is 0 Å². The van der Waals surface area contributed by atoms with Crippen LogP contribution in [0.2, 0.25) is 0 Å². The SMILES string of the molecule is CCC(C)C(=O)OC[C@H](C)OC(=O)[C@@H](N)Cc1ccc(OC(=O)OC(C)(C)CC)c(OC(=O)OC(C)(C)CC)c1. The second kappa shape index (κ2) is 15.4. The summed E-state index contributed by atoms with van der Waals surface area (Å²) in [7, 11) is 0. The molecular formula is C29H45NO10. The Morgan fingerprint density at radius 3 is 1.85 bits per heavy atom. The molecule has 11 nitrogen and oxygen atoms in total. The van der Waals surface area contributed by atoms with Gasteiger partial charge in [0.1, 0.15) is 30.0 Å². The lowest BCUT2D eigenvalue weighted by Gasteiger charge is -2.24. The minimum Gasteiger partial charge on any atom is -0.462 e. The fourth-order valence-corrected chi connectivity index (χ4v) is 2.83. The number of esters is 2. The molecule has 0 saturated carbocycles. The second-order valence-corrected chi connectivity index (χ2v) is 10.9. The van der Waals surface area contributed by atoms with Gasteiger partial charge in [0.2, 0.25) is 0 Å². The van der Waals surface area contributed by atoms with Crippen LogP contribution in [0.1, 0.15) is 87.1 Å². The molecule has 1 aromatic rings. The Bertz CT molecular complexity index is 1020. The Morgan fingerprint density at radius 2 is 1.35 bits per heavy atom. The molecule has 0 saturated heterocycles. The zero-order chi connectivity index (χ0) is 30.7. The van der Waals surface area contributed by atoms with E-state index < -0.39 is 41.6 Å². The van der Waals surface area contributed by atoms with Crippen LogP contribution in [-0.4, -0.2) is 54.2 Å². The van der Waals surface area contributed by atoms with Crippen LogP contribution in [0.3, 0.4) is 0 Å². The highest BCUT2D eigenvalue weighted by Crippen LogP contribution is 2.31. The first-order valence-electron chi connectivity index (χ1n) is 13.6. The zero-order valence-electron chi connectivity index (χ0n) is 25.2. The van der Waals surface area contributed by atoms with Crippen LogP contribution in [0.25, 0.3) is 0 Å². The molecular weight excluding hydrogens is 522 g/mol. The van der Waals surface area contributed by atoms with Crippen molar-refractivity contribution < 1.29 is 47.6 Å². The smallest absolute Gasteiger partial charge is 0.462 e. The first-order chi connectivity index (χ1) is 18.5. The number of hydrogen-bond donors (Lipinski definition) is 1. The Hall–Kier alpha value is -3.34. The second-order valence-electron chi connectivity index (χ2n) is 10.9. The van der Waals surface area contributed by atoms with Crippen molar-refractivity contribution in [3.05, 3.63) is 23.8 Å². The predicted octanol–water partition coefficient (Wildman–Crippen LogP) is 5.49. The van der Waals surface area contributed by atoms with Crippen molar-refractivity contribution in [1.82, 2.24) is 0 Å². The van der Waals surface area contributed by atoms with E-state index in [-0.39, 0.29) is 36.4 Å². The van der Waals surface area contributed by atoms with E-state index in [1.54, 1.807) is 47.6 Å². The van der Waals surface area contributed by atoms with Crippen LogP contribution in [0.4, 0.5) is 9.59 Å². The summed E-state index contributed by atoms with van der Waals surface area (Å²) < 4.78 is 31.8. The molecule has 226 valence electrons. The van der Waals surface area contributed by atoms with E-state index in [2.05, 4.69) is 0 Å². The van der Waals surface area contributed by atoms with Gasteiger partial charge in [-0.05, 0) is 78.0 Å². The van der Waals surface area contributed by atoms with E-state index in [9.17, 15) is 19.2 Å². The van der Waals surface area contributed by atoms with Gasteiger partial charge in [-0.1, -0.05) is 33.8 Å². The summed E-state index contributed by atoms with van der Waals surface area (Å²) in [5.41, 5.74) is 5.00. The predicted molar refractivity (Wildman–Crippen MR) is 147 cm³/mol. The van der Waals surface area contributed by atoms with Gasteiger partial charge in [0.25, 0.3) is 0 Å². The fraction of sp³-hybridized carbons (Fsp3) is 0.655. The summed E-state index contributed by atoms with van der Waals surface area (Å²) in [6, 6.07) is 3.30. The van der Waals surface area contributed by atoms with Gasteiger partial charge in [0.05, 0.1) is 5.92 Å². The van der Waals surface area contributed by atoms with Gasteiger partial charge in [-0.2, -0.15) is 0 Å². The van der Waals surface area contributed by atoms with Crippen LogP contribution >= 0.6 is 0 Å². The molecule has 3 atom stereocenters. The molecule has 40 heavy (non-hydrogen) atoms. The minimum absolute atomic E-state index is 0.0116. The molecule has 0 aliphatic heterocycles. The van der Waals surface area contributed by atoms with Gasteiger partial charge in [0.15, 0.2) is 11.5 Å². The van der Waals surface area contributed by atoms with E-state index in [1.807, 2.05) is 20.8 Å². The van der Waals surface area contributed by atoms with Gasteiger partial charge in [0, 0.05) is 0 Å². The molecule has 1 unspecified atom stereocenters. The molecule has 2 N–H and O–H groups in total. The van der Waals surface area contributed by atoms with Crippen LogP contribution in [0.15, 0.2) is 18.2 Å². The number of benzene rings is 1. The lowest BCUT2D eigenvalue weighted by molar-refractivity contribution is -0.160. The van der Waals surface area contributed by atoms with Crippen molar-refractivity contribution in [3.63, 3.8) is 0 Å². The number of ether oxygens (including phenoxy) is 6. The highest BCUT2D eigenvalue weighted by molar-refractivity contribution is 5.76. The molecule has 0 heterocycles. The largest absolute Gasteiger partial charge is 0.514 e. The number of rotatable bonds is 14. The maximum atomic E-state index is 12.5. The third-order valence-electron chi connectivity index (χ3n) is 6.37. The molecule has 0 spiro atoms. The first kappa shape index (κ1) is 34.7. The van der Waals surface area contributed by atoms with Gasteiger partial charge in [-0.25, -0.2) is 9.59 Å². The molecule has 0 radical (unpaired) electrons. The minimum atomic E-state index is -1.08. The maximum Gasteiger partial charge on any atom is 0.514 e. The fourth-order valence-electron chi connectivity index (χ4n) is 2.83. The van der Waals surface area contributed by atoms with E-state index in [0.29, 0.717) is 24.8 Å². The Kier molecular flexibility index (Phi) is 13.4. The number of carbonyl (C=O) groups excluding carboxylic acids is 4. The molecule has 1 aromatic carbocycles. The van der Waals surface area contributed by atoms with Gasteiger partial charge < -0.3 is 34.2 Å². The number of carbonyl (C=O) groups is 4. The Balaban J connectivity index is 3.00. The molecule has 0 aliphatic rings. The summed E-state index contributed by atoms with van der Waals surface area (Å²) >= 11 is 0. The summed E-state index contributed by atoms with van der Waals surface area (Å²) in [4.78, 5) is 49.2. The lowest BCUT2D eigenvalue weighted by Crippen LogP contribution is -2.37. The zero-order valence-corrected chi connectivity index (χ0v) is 25.2. The van der Waals surface area contributed by atoms with E-state index in [4.69, 9.17) is 34.2 Å². The van der Waals surface area contributed by atoms with Crippen molar-refractivity contribution in [1.29, 1.82) is 0 Å². The van der Waals surface area contributed by atoms with Crippen LogP contribution in [-0.2, 0) is 35.0 Å². The number of nitrogens with two attached hydrogens (primary N) is 1. The highest BCUT2D eigenvalue weighted by Gasteiger charge is 2.27. The monoisotopic (exact) mass is 567 g/mol. The maximum absolute atomic E-state index is 12.5. The normalized spacial score (nSPS) is 13.8. The topological polar surface area (TPSA) is 150 Å². The first-order valence-corrected chi connectivity index (χ1v) is 13.6. The average molecular weight is 568 g/mol. The van der Waals surface area contributed by atoms with Crippen molar-refractivity contribution in [2.24, 2.45) is 11.7 Å². The molecule has 0 aliphatic carbocycles. The van der Waals surface area contributed by atoms with Gasteiger partial charge >= 0.3 is 24.2 Å². The summed E-state index contributed by atoms with van der Waals surface area (Å²) in [5, 5.41) is 0. The quantitative estimate of drug-likeness (QED) is 0.173. The third-order valence-corrected chi connectivity index (χ3v) is 6.37. The summed E-state index contributed by atoms with van der Waals surface area (Å²) in [5.74, 6) is -1.53. The highest BCUT2D eigenvalue weighted by atomic mass is 16.8. The Labute approximate surface area is 236 Å². The van der Waals surface area contributed by atoms with Crippen LogP contribution in [0.5, 0.6) is 11.5 Å². The molecule has 0 aromatic heterocycles. The van der Waals surface area contributed by atoms with Gasteiger partial charge in [-0.3, -0.25) is 9.59 Å². The van der Waals surface area contributed by atoms with Crippen molar-refractivity contribution in [2.45, 2.75) is 111 Å². The Morgan fingerprint density at radius 1 is 0.825 bits per heavy atom. The molecule has 0 amide bonds.